The molecule has 7 heteroatoms. The monoisotopic (exact) mass is 353 g/mol. The minimum absolute atomic E-state index is 0.253. The maximum Gasteiger partial charge on any atom is 0.321 e. The Hall–Kier alpha value is -3.48. The number of hydrogen-bond donors (Lipinski definition) is 2. The summed E-state index contributed by atoms with van der Waals surface area (Å²) in [5.74, 6) is 1.44. The van der Waals surface area contributed by atoms with E-state index >= 15 is 0 Å². The van der Waals surface area contributed by atoms with Gasteiger partial charge in [-0.15, -0.1) is 0 Å². The predicted octanol–water partition coefficient (Wildman–Crippen LogP) is 3.68. The largest absolute Gasteiger partial charge is 0.493 e. The fourth-order valence-corrected chi connectivity index (χ4v) is 2.46. The van der Waals surface area contributed by atoms with E-state index in [0.29, 0.717) is 23.6 Å². The molecule has 0 radical (unpaired) electrons. The molecule has 3 rings (SSSR count). The molecule has 2 aromatic carbocycles. The average Bonchev–Trinajstić information content (AvgIpc) is 3.14. The average molecular weight is 353 g/mol. The lowest BCUT2D eigenvalue weighted by atomic mass is 10.1. The molecule has 1 heterocycles. The van der Waals surface area contributed by atoms with Crippen LogP contribution in [-0.2, 0) is 6.54 Å². The molecule has 0 saturated carbocycles. The first-order valence-electron chi connectivity index (χ1n) is 7.97. The Morgan fingerprint density at radius 1 is 1.08 bits per heavy atom. The van der Waals surface area contributed by atoms with Crippen molar-refractivity contribution in [2.45, 2.75) is 6.54 Å². The lowest BCUT2D eigenvalue weighted by Crippen LogP contribution is -2.28. The first-order chi connectivity index (χ1) is 12.7. The van der Waals surface area contributed by atoms with Gasteiger partial charge in [-0.05, 0) is 23.3 Å². The highest BCUT2D eigenvalue weighted by Gasteiger charge is 2.15. The van der Waals surface area contributed by atoms with E-state index in [-0.39, 0.29) is 11.9 Å². The van der Waals surface area contributed by atoms with Crippen LogP contribution < -0.4 is 20.1 Å². The van der Waals surface area contributed by atoms with Crippen molar-refractivity contribution >= 4 is 11.9 Å². The quantitative estimate of drug-likeness (QED) is 0.706. The third-order valence-electron chi connectivity index (χ3n) is 3.79. The second kappa shape index (κ2) is 8.06. The summed E-state index contributed by atoms with van der Waals surface area (Å²) in [6.07, 6.45) is 1.54. The van der Waals surface area contributed by atoms with Crippen LogP contribution in [0.15, 0.2) is 59.3 Å². The molecule has 3 aromatic rings. The molecule has 0 aliphatic carbocycles. The summed E-state index contributed by atoms with van der Waals surface area (Å²) in [5, 5.41) is 9.23. The van der Waals surface area contributed by atoms with E-state index in [1.807, 2.05) is 36.4 Å². The zero-order valence-corrected chi connectivity index (χ0v) is 14.5. The van der Waals surface area contributed by atoms with Gasteiger partial charge in [-0.1, -0.05) is 41.6 Å². The second-order valence-electron chi connectivity index (χ2n) is 5.43. The van der Waals surface area contributed by atoms with E-state index in [1.54, 1.807) is 26.4 Å². The number of urea groups is 1. The van der Waals surface area contributed by atoms with E-state index in [9.17, 15) is 4.79 Å². The highest BCUT2D eigenvalue weighted by Crippen LogP contribution is 2.35. The van der Waals surface area contributed by atoms with Crippen LogP contribution in [0.3, 0.4) is 0 Å². The molecule has 26 heavy (non-hydrogen) atoms. The van der Waals surface area contributed by atoms with Crippen LogP contribution in [0.4, 0.5) is 10.7 Å². The predicted molar refractivity (Wildman–Crippen MR) is 97.3 cm³/mol. The van der Waals surface area contributed by atoms with Crippen LogP contribution in [-0.4, -0.2) is 25.4 Å². The van der Waals surface area contributed by atoms with Crippen molar-refractivity contribution in [2.24, 2.45) is 0 Å². The van der Waals surface area contributed by atoms with Crippen LogP contribution >= 0.6 is 0 Å². The third-order valence-corrected chi connectivity index (χ3v) is 3.79. The van der Waals surface area contributed by atoms with Crippen LogP contribution in [0.1, 0.15) is 5.56 Å². The van der Waals surface area contributed by atoms with Crippen LogP contribution in [0, 0.1) is 0 Å². The lowest BCUT2D eigenvalue weighted by Gasteiger charge is -2.10. The van der Waals surface area contributed by atoms with Gasteiger partial charge >= 0.3 is 6.03 Å². The maximum atomic E-state index is 12.1. The first kappa shape index (κ1) is 17.3. The number of rotatable bonds is 6. The molecule has 0 saturated heterocycles. The fraction of sp³-hybridized carbons (Fsp3) is 0.158. The van der Waals surface area contributed by atoms with Gasteiger partial charge in [0.05, 0.1) is 26.0 Å². The van der Waals surface area contributed by atoms with E-state index in [1.165, 1.54) is 6.20 Å². The maximum absolute atomic E-state index is 12.1. The van der Waals surface area contributed by atoms with E-state index < -0.39 is 0 Å². The Morgan fingerprint density at radius 2 is 1.85 bits per heavy atom. The van der Waals surface area contributed by atoms with Crippen molar-refractivity contribution in [3.63, 3.8) is 0 Å². The molecule has 0 aliphatic heterocycles. The van der Waals surface area contributed by atoms with Crippen molar-refractivity contribution in [2.75, 3.05) is 19.5 Å². The number of benzene rings is 2. The van der Waals surface area contributed by atoms with Gasteiger partial charge in [0.15, 0.2) is 11.5 Å². The van der Waals surface area contributed by atoms with E-state index in [2.05, 4.69) is 15.8 Å². The number of aromatic nitrogens is 1. The molecule has 0 aliphatic rings. The summed E-state index contributed by atoms with van der Waals surface area (Å²) in [5.41, 5.74) is 2.42. The Balaban J connectivity index is 1.71. The fourth-order valence-electron chi connectivity index (χ4n) is 2.46. The summed E-state index contributed by atoms with van der Waals surface area (Å²) >= 11 is 0. The summed E-state index contributed by atoms with van der Waals surface area (Å²) in [7, 11) is 3.13. The zero-order chi connectivity index (χ0) is 18.4. The number of carbonyl (C=O) groups is 1. The Bertz CT molecular complexity index is 878. The normalized spacial score (nSPS) is 10.2. The topological polar surface area (TPSA) is 85.6 Å². The standard InChI is InChI=1S/C19H19N3O4/c1-24-16-9-8-14(10-17(16)25-2)15-12-21-26-18(15)22-19(23)20-11-13-6-4-3-5-7-13/h3-10,12H,11H2,1-2H3,(H2,20,22,23). The van der Waals surface area contributed by atoms with Gasteiger partial charge in [0.25, 0.3) is 0 Å². The number of methoxy groups -OCH3 is 2. The van der Waals surface area contributed by atoms with Crippen LogP contribution in [0.2, 0.25) is 0 Å². The number of nitrogens with one attached hydrogen (secondary N) is 2. The molecule has 7 nitrogen and oxygen atoms in total. The molecule has 0 fully saturated rings. The van der Waals surface area contributed by atoms with Crippen molar-refractivity contribution < 1.29 is 18.8 Å². The van der Waals surface area contributed by atoms with E-state index in [0.717, 1.165) is 11.1 Å². The number of nitrogens with zero attached hydrogens (tertiary/aromatic N) is 1. The molecule has 1 aromatic heterocycles. The van der Waals surface area contributed by atoms with Crippen LogP contribution in [0.5, 0.6) is 11.5 Å². The molecular formula is C19H19N3O4. The Kier molecular flexibility index (Phi) is 5.38. The van der Waals surface area contributed by atoms with Gasteiger partial charge in [-0.3, -0.25) is 5.32 Å². The number of ether oxygens (including phenoxy) is 2. The van der Waals surface area contributed by atoms with Gasteiger partial charge in [-0.2, -0.15) is 0 Å². The smallest absolute Gasteiger partial charge is 0.321 e. The molecule has 0 spiro atoms. The minimum atomic E-state index is -0.382. The molecule has 0 bridgehead atoms. The number of amides is 2. The van der Waals surface area contributed by atoms with Gasteiger partial charge in [0.1, 0.15) is 0 Å². The highest BCUT2D eigenvalue weighted by molar-refractivity contribution is 5.92. The summed E-state index contributed by atoms with van der Waals surface area (Å²) in [6.45, 7) is 0.409. The molecule has 134 valence electrons. The van der Waals surface area contributed by atoms with Gasteiger partial charge in [0.2, 0.25) is 5.88 Å². The van der Waals surface area contributed by atoms with Gasteiger partial charge in [-0.25, -0.2) is 4.79 Å². The van der Waals surface area contributed by atoms with Crippen molar-refractivity contribution in [3.8, 4) is 22.6 Å². The SMILES string of the molecule is COc1ccc(-c2cnoc2NC(=O)NCc2ccccc2)cc1OC. The number of hydrogen-bond acceptors (Lipinski definition) is 5. The molecule has 0 atom stereocenters. The Labute approximate surface area is 150 Å². The van der Waals surface area contributed by atoms with Gasteiger partial charge < -0.3 is 19.3 Å². The van der Waals surface area contributed by atoms with Gasteiger partial charge in [0, 0.05) is 6.54 Å². The minimum Gasteiger partial charge on any atom is -0.493 e. The highest BCUT2D eigenvalue weighted by atomic mass is 16.5. The van der Waals surface area contributed by atoms with Crippen molar-refractivity contribution in [1.82, 2.24) is 10.5 Å². The zero-order valence-electron chi connectivity index (χ0n) is 14.5. The molecule has 2 amide bonds. The second-order valence-corrected chi connectivity index (χ2v) is 5.43. The third kappa shape index (κ3) is 3.94. The van der Waals surface area contributed by atoms with Crippen molar-refractivity contribution in [3.05, 3.63) is 60.3 Å². The summed E-state index contributed by atoms with van der Waals surface area (Å²) < 4.78 is 15.7. The molecule has 2 N–H and O–H groups in total. The number of anilines is 1. The Morgan fingerprint density at radius 3 is 2.58 bits per heavy atom. The lowest BCUT2D eigenvalue weighted by molar-refractivity contribution is 0.251. The van der Waals surface area contributed by atoms with Crippen LogP contribution in [0.25, 0.3) is 11.1 Å². The summed E-state index contributed by atoms with van der Waals surface area (Å²) in [4.78, 5) is 12.1. The van der Waals surface area contributed by atoms with E-state index in [4.69, 9.17) is 14.0 Å². The molecular weight excluding hydrogens is 334 g/mol. The number of carbonyl (C=O) groups excluding carboxylic acids is 1. The first-order valence-corrected chi connectivity index (χ1v) is 7.97. The summed E-state index contributed by atoms with van der Waals surface area (Å²) in [6, 6.07) is 14.6. The van der Waals surface area contributed by atoms with Crippen molar-refractivity contribution in [1.29, 1.82) is 0 Å². The molecule has 0 unspecified atom stereocenters.